The first kappa shape index (κ1) is 11.1. The summed E-state index contributed by atoms with van der Waals surface area (Å²) in [5.41, 5.74) is 4.99. The summed E-state index contributed by atoms with van der Waals surface area (Å²) in [4.78, 5) is 18.0. The Morgan fingerprint density at radius 2 is 1.88 bits per heavy atom. The summed E-state index contributed by atoms with van der Waals surface area (Å²) in [5.74, 6) is -1.81. The number of carbonyl (C=O) groups excluding carboxylic acids is 1. The molecule has 6 heteroatoms. The molecule has 0 unspecified atom stereocenters. The smallest absolute Gasteiger partial charge is 0.170 e. The van der Waals surface area contributed by atoms with Crippen LogP contribution in [0, 0.1) is 11.6 Å². The van der Waals surface area contributed by atoms with Gasteiger partial charge < -0.3 is 5.73 Å². The van der Waals surface area contributed by atoms with E-state index in [1.807, 2.05) is 0 Å². The molecule has 1 aromatic carbocycles. The maximum atomic E-state index is 13.4. The Morgan fingerprint density at radius 1 is 1.24 bits per heavy atom. The van der Waals surface area contributed by atoms with Gasteiger partial charge in [-0.3, -0.25) is 4.79 Å². The lowest BCUT2D eigenvalue weighted by Gasteiger charge is -2.04. The van der Waals surface area contributed by atoms with Crippen molar-refractivity contribution in [3.63, 3.8) is 0 Å². The van der Waals surface area contributed by atoms with Crippen molar-refractivity contribution in [2.45, 2.75) is 0 Å². The zero-order valence-corrected chi connectivity index (χ0v) is 8.52. The molecule has 0 aliphatic heterocycles. The van der Waals surface area contributed by atoms with E-state index in [1.165, 1.54) is 6.07 Å². The Hall–Kier alpha value is -2.37. The highest BCUT2D eigenvalue weighted by atomic mass is 19.1. The summed E-state index contributed by atoms with van der Waals surface area (Å²) in [6.07, 6.45) is 1.54. The number of hydrogen-bond acceptors (Lipinski definition) is 4. The van der Waals surface area contributed by atoms with Crippen LogP contribution in [0.3, 0.4) is 0 Å². The SMILES string of the molecule is Nc1cnc(-c2c(F)cccc2F)nc1C=O. The van der Waals surface area contributed by atoms with E-state index in [-0.39, 0.29) is 22.8 Å². The summed E-state index contributed by atoms with van der Waals surface area (Å²) in [6, 6.07) is 3.39. The minimum atomic E-state index is -0.799. The highest BCUT2D eigenvalue weighted by Gasteiger charge is 2.14. The number of benzene rings is 1. The van der Waals surface area contributed by atoms with Crippen LogP contribution in [0.2, 0.25) is 0 Å². The summed E-state index contributed by atoms with van der Waals surface area (Å²) >= 11 is 0. The summed E-state index contributed by atoms with van der Waals surface area (Å²) in [6.45, 7) is 0. The molecule has 1 heterocycles. The molecule has 0 saturated carbocycles. The van der Waals surface area contributed by atoms with Crippen molar-refractivity contribution in [3.8, 4) is 11.4 Å². The third-order valence-electron chi connectivity index (χ3n) is 2.15. The zero-order valence-electron chi connectivity index (χ0n) is 8.52. The Balaban J connectivity index is 2.65. The minimum absolute atomic E-state index is 0.0560. The second-order valence-electron chi connectivity index (χ2n) is 3.25. The Morgan fingerprint density at radius 3 is 2.47 bits per heavy atom. The van der Waals surface area contributed by atoms with Gasteiger partial charge in [0.25, 0.3) is 0 Å². The van der Waals surface area contributed by atoms with Crippen molar-refractivity contribution in [1.82, 2.24) is 9.97 Å². The van der Waals surface area contributed by atoms with Gasteiger partial charge in [-0.1, -0.05) is 6.07 Å². The molecule has 0 aliphatic rings. The molecule has 0 radical (unpaired) electrons. The number of carbonyl (C=O) groups is 1. The maximum absolute atomic E-state index is 13.4. The van der Waals surface area contributed by atoms with Gasteiger partial charge in [0, 0.05) is 0 Å². The largest absolute Gasteiger partial charge is 0.396 e. The van der Waals surface area contributed by atoms with Gasteiger partial charge in [0.15, 0.2) is 12.1 Å². The number of halogens is 2. The molecule has 0 bridgehead atoms. The fourth-order valence-electron chi connectivity index (χ4n) is 1.33. The van der Waals surface area contributed by atoms with Gasteiger partial charge in [-0.25, -0.2) is 18.7 Å². The van der Waals surface area contributed by atoms with Gasteiger partial charge in [0.2, 0.25) is 0 Å². The van der Waals surface area contributed by atoms with E-state index in [4.69, 9.17) is 5.73 Å². The first-order valence-electron chi connectivity index (χ1n) is 4.65. The minimum Gasteiger partial charge on any atom is -0.396 e. The fourth-order valence-corrected chi connectivity index (χ4v) is 1.33. The van der Waals surface area contributed by atoms with Crippen LogP contribution >= 0.6 is 0 Å². The molecule has 0 amide bonds. The standard InChI is InChI=1S/C11H7F2N3O/c12-6-2-1-3-7(13)10(6)11-15-4-8(14)9(5-17)16-11/h1-5H,14H2. The third-order valence-corrected chi connectivity index (χ3v) is 2.15. The Bertz CT molecular complexity index is 567. The number of nitrogens with zero attached hydrogens (tertiary/aromatic N) is 2. The molecule has 0 atom stereocenters. The molecule has 0 fully saturated rings. The van der Waals surface area contributed by atoms with E-state index in [2.05, 4.69) is 9.97 Å². The van der Waals surface area contributed by atoms with Crippen LogP contribution in [0.25, 0.3) is 11.4 Å². The molecule has 0 saturated heterocycles. The molecular formula is C11H7F2N3O. The lowest BCUT2D eigenvalue weighted by molar-refractivity contribution is 0.112. The first-order chi connectivity index (χ1) is 8.13. The van der Waals surface area contributed by atoms with Gasteiger partial charge in [0.05, 0.1) is 17.4 Å². The number of nitrogen functional groups attached to an aromatic ring is 1. The zero-order chi connectivity index (χ0) is 12.4. The Labute approximate surface area is 95.1 Å². The molecule has 2 rings (SSSR count). The molecule has 86 valence electrons. The van der Waals surface area contributed by atoms with Crippen LogP contribution in [-0.2, 0) is 0 Å². The number of anilines is 1. The molecule has 2 N–H and O–H groups in total. The lowest BCUT2D eigenvalue weighted by Crippen LogP contribution is -2.02. The highest BCUT2D eigenvalue weighted by Crippen LogP contribution is 2.23. The van der Waals surface area contributed by atoms with Gasteiger partial charge in [-0.05, 0) is 12.1 Å². The van der Waals surface area contributed by atoms with Crippen LogP contribution in [0.5, 0.6) is 0 Å². The molecule has 1 aromatic heterocycles. The third kappa shape index (κ3) is 1.96. The van der Waals surface area contributed by atoms with Crippen molar-refractivity contribution < 1.29 is 13.6 Å². The van der Waals surface area contributed by atoms with Gasteiger partial charge in [0.1, 0.15) is 17.3 Å². The average molecular weight is 235 g/mol. The van der Waals surface area contributed by atoms with Crippen molar-refractivity contribution >= 4 is 12.0 Å². The molecule has 4 nitrogen and oxygen atoms in total. The monoisotopic (exact) mass is 235 g/mol. The molecule has 2 aromatic rings. The van der Waals surface area contributed by atoms with Crippen LogP contribution < -0.4 is 5.73 Å². The first-order valence-corrected chi connectivity index (χ1v) is 4.65. The van der Waals surface area contributed by atoms with Gasteiger partial charge >= 0.3 is 0 Å². The van der Waals surface area contributed by atoms with E-state index in [0.29, 0.717) is 6.29 Å². The van der Waals surface area contributed by atoms with Crippen molar-refractivity contribution in [3.05, 3.63) is 41.7 Å². The van der Waals surface area contributed by atoms with Crippen LogP contribution in [-0.4, -0.2) is 16.3 Å². The number of hydrogen-bond donors (Lipinski definition) is 1. The van der Waals surface area contributed by atoms with Crippen molar-refractivity contribution in [1.29, 1.82) is 0 Å². The molecule has 0 spiro atoms. The number of nitrogens with two attached hydrogens (primary N) is 1. The fraction of sp³-hybridized carbons (Fsp3) is 0. The predicted molar refractivity (Wildman–Crippen MR) is 57.2 cm³/mol. The Kier molecular flexibility index (Phi) is 2.78. The lowest BCUT2D eigenvalue weighted by atomic mass is 10.2. The second-order valence-corrected chi connectivity index (χ2v) is 3.25. The second kappa shape index (κ2) is 4.25. The van der Waals surface area contributed by atoms with Crippen molar-refractivity contribution in [2.24, 2.45) is 0 Å². The summed E-state index contributed by atoms with van der Waals surface area (Å²) in [7, 11) is 0. The molecule has 0 aliphatic carbocycles. The maximum Gasteiger partial charge on any atom is 0.170 e. The van der Waals surface area contributed by atoms with Crippen LogP contribution in [0.4, 0.5) is 14.5 Å². The van der Waals surface area contributed by atoms with Crippen molar-refractivity contribution in [2.75, 3.05) is 5.73 Å². The van der Waals surface area contributed by atoms with E-state index in [1.54, 1.807) is 0 Å². The van der Waals surface area contributed by atoms with Gasteiger partial charge in [-0.15, -0.1) is 0 Å². The van der Waals surface area contributed by atoms with Crippen LogP contribution in [0.1, 0.15) is 10.5 Å². The average Bonchev–Trinajstić information content (AvgIpc) is 2.31. The van der Waals surface area contributed by atoms with E-state index >= 15 is 0 Å². The summed E-state index contributed by atoms with van der Waals surface area (Å²) in [5, 5.41) is 0. The van der Waals surface area contributed by atoms with E-state index in [9.17, 15) is 13.6 Å². The topological polar surface area (TPSA) is 68.9 Å². The quantitative estimate of drug-likeness (QED) is 0.806. The van der Waals surface area contributed by atoms with Gasteiger partial charge in [-0.2, -0.15) is 0 Å². The molecular weight excluding hydrogens is 228 g/mol. The normalized spacial score (nSPS) is 10.2. The predicted octanol–water partition coefficient (Wildman–Crippen LogP) is 1.82. The van der Waals surface area contributed by atoms with E-state index < -0.39 is 11.6 Å². The van der Waals surface area contributed by atoms with Crippen LogP contribution in [0.15, 0.2) is 24.4 Å². The number of rotatable bonds is 2. The molecule has 17 heavy (non-hydrogen) atoms. The number of aromatic nitrogens is 2. The van der Waals surface area contributed by atoms with E-state index in [0.717, 1.165) is 18.3 Å². The highest BCUT2D eigenvalue weighted by molar-refractivity contribution is 5.80. The summed E-state index contributed by atoms with van der Waals surface area (Å²) < 4.78 is 26.9. The number of aldehydes is 1.